The predicted molar refractivity (Wildman–Crippen MR) is 74.2 cm³/mol. The summed E-state index contributed by atoms with van der Waals surface area (Å²) in [5.41, 5.74) is 0. The van der Waals surface area contributed by atoms with E-state index in [-0.39, 0.29) is 0 Å². The van der Waals surface area contributed by atoms with Gasteiger partial charge >= 0.3 is 0 Å². The Labute approximate surface area is 97.3 Å². The van der Waals surface area contributed by atoms with Gasteiger partial charge in [0.2, 0.25) is 0 Å². The molecule has 0 amide bonds. The van der Waals surface area contributed by atoms with Gasteiger partial charge in [0.25, 0.3) is 0 Å². The summed E-state index contributed by atoms with van der Waals surface area (Å²) in [5.74, 6) is 3.87. The van der Waals surface area contributed by atoms with Crippen LogP contribution < -0.4 is 0 Å². The first-order valence-electron chi connectivity index (χ1n) is 5.77. The normalized spacial score (nSPS) is 13.3. The van der Waals surface area contributed by atoms with Gasteiger partial charge < -0.3 is 0 Å². The molecule has 0 N–H and O–H groups in total. The molecule has 14 heavy (non-hydrogen) atoms. The Morgan fingerprint density at radius 1 is 0.929 bits per heavy atom. The van der Waals surface area contributed by atoms with Crippen molar-refractivity contribution in [3.8, 4) is 0 Å². The van der Waals surface area contributed by atoms with E-state index in [1.807, 2.05) is 0 Å². The van der Waals surface area contributed by atoms with Crippen LogP contribution in [0.4, 0.5) is 0 Å². The number of hydrogen-bond donors (Lipinski definition) is 0. The minimum absolute atomic E-state index is 0.551. The highest BCUT2D eigenvalue weighted by Crippen LogP contribution is 2.29. The monoisotopic (exact) mass is 233 g/mol. The maximum atomic E-state index is 2.33. The molecule has 0 nitrogen and oxygen atoms in total. The SMILES string of the molecule is CCSC(CC)=C(CC)[S+](CC)CC. The Morgan fingerprint density at radius 2 is 1.50 bits per heavy atom. The van der Waals surface area contributed by atoms with Gasteiger partial charge in [-0.2, -0.15) is 0 Å². The van der Waals surface area contributed by atoms with Crippen molar-refractivity contribution in [2.45, 2.75) is 47.5 Å². The zero-order chi connectivity index (χ0) is 11.0. The second kappa shape index (κ2) is 8.72. The summed E-state index contributed by atoms with van der Waals surface area (Å²) in [7, 11) is 0.551. The maximum Gasteiger partial charge on any atom is 0.141 e. The van der Waals surface area contributed by atoms with E-state index in [0.717, 1.165) is 0 Å². The molecule has 0 heterocycles. The Bertz CT molecular complexity index is 169. The fourth-order valence-electron chi connectivity index (χ4n) is 1.67. The summed E-state index contributed by atoms with van der Waals surface area (Å²) in [4.78, 5) is 3.42. The van der Waals surface area contributed by atoms with Crippen molar-refractivity contribution >= 4 is 22.7 Å². The third-order valence-corrected chi connectivity index (χ3v) is 6.24. The average Bonchev–Trinajstić information content (AvgIpc) is 2.23. The molecule has 0 bridgehead atoms. The van der Waals surface area contributed by atoms with Crippen LogP contribution in [0.5, 0.6) is 0 Å². The van der Waals surface area contributed by atoms with Crippen LogP contribution in [0.25, 0.3) is 0 Å². The van der Waals surface area contributed by atoms with Crippen LogP contribution in [0.1, 0.15) is 47.5 Å². The van der Waals surface area contributed by atoms with Gasteiger partial charge in [-0.15, -0.1) is 11.8 Å². The van der Waals surface area contributed by atoms with Crippen LogP contribution in [-0.4, -0.2) is 17.3 Å². The van der Waals surface area contributed by atoms with Gasteiger partial charge in [0.15, 0.2) is 0 Å². The molecule has 0 saturated heterocycles. The molecule has 0 spiro atoms. The molecule has 0 radical (unpaired) electrons. The lowest BCUT2D eigenvalue weighted by Crippen LogP contribution is -2.12. The quantitative estimate of drug-likeness (QED) is 0.586. The second-order valence-corrected chi connectivity index (χ2v) is 7.05. The van der Waals surface area contributed by atoms with Gasteiger partial charge in [-0.3, -0.25) is 0 Å². The van der Waals surface area contributed by atoms with Crippen LogP contribution >= 0.6 is 11.8 Å². The van der Waals surface area contributed by atoms with Crippen LogP contribution in [-0.2, 0) is 10.9 Å². The fraction of sp³-hybridized carbons (Fsp3) is 0.833. The molecule has 0 aromatic carbocycles. The first-order valence-corrected chi connectivity index (χ1v) is 8.32. The molecule has 0 aliphatic carbocycles. The van der Waals surface area contributed by atoms with Crippen LogP contribution in [0.3, 0.4) is 0 Å². The number of allylic oxidation sites excluding steroid dienone is 2. The molecule has 0 aromatic heterocycles. The van der Waals surface area contributed by atoms with Crippen molar-refractivity contribution in [2.24, 2.45) is 0 Å². The molecule has 0 unspecified atom stereocenters. The van der Waals surface area contributed by atoms with Crippen molar-refractivity contribution in [1.82, 2.24) is 0 Å². The van der Waals surface area contributed by atoms with Gasteiger partial charge in [0, 0.05) is 22.2 Å². The summed E-state index contributed by atoms with van der Waals surface area (Å²) >= 11 is 2.05. The van der Waals surface area contributed by atoms with Crippen LogP contribution in [0.15, 0.2) is 9.81 Å². The third kappa shape index (κ3) is 4.31. The molecular formula is C12H25S2+. The molecule has 0 aliphatic rings. The lowest BCUT2D eigenvalue weighted by Gasteiger charge is -2.11. The van der Waals surface area contributed by atoms with E-state index >= 15 is 0 Å². The number of rotatable bonds is 7. The molecule has 0 fully saturated rings. The van der Waals surface area contributed by atoms with E-state index < -0.39 is 0 Å². The first kappa shape index (κ1) is 14.4. The summed E-state index contributed by atoms with van der Waals surface area (Å²) in [6.45, 7) is 11.5. The minimum atomic E-state index is 0.551. The third-order valence-electron chi connectivity index (χ3n) is 2.32. The Hall–Kier alpha value is 0.440. The van der Waals surface area contributed by atoms with Crippen molar-refractivity contribution in [3.05, 3.63) is 9.81 Å². The van der Waals surface area contributed by atoms with Gasteiger partial charge in [-0.1, -0.05) is 20.8 Å². The molecule has 0 aromatic rings. The Balaban J connectivity index is 4.74. The van der Waals surface area contributed by atoms with Crippen LogP contribution in [0.2, 0.25) is 0 Å². The van der Waals surface area contributed by atoms with Crippen LogP contribution in [0, 0.1) is 0 Å². The standard InChI is InChI=1S/C12H25S2/c1-6-11(13-8-3)12(7-2)14(9-4)10-5/h6-10H2,1-5H3/q+1. The molecule has 0 rings (SSSR count). The second-order valence-electron chi connectivity index (χ2n) is 3.06. The zero-order valence-corrected chi connectivity index (χ0v) is 12.0. The van der Waals surface area contributed by atoms with E-state index in [1.165, 1.54) is 30.1 Å². The summed E-state index contributed by atoms with van der Waals surface area (Å²) in [5, 5.41) is 0. The molecule has 2 heteroatoms. The molecule has 84 valence electrons. The largest absolute Gasteiger partial charge is 0.141 e. The van der Waals surface area contributed by atoms with Crippen molar-refractivity contribution in [1.29, 1.82) is 0 Å². The molecule has 0 saturated carbocycles. The van der Waals surface area contributed by atoms with Gasteiger partial charge in [0.1, 0.15) is 16.4 Å². The van der Waals surface area contributed by atoms with E-state index in [9.17, 15) is 0 Å². The molecule has 0 atom stereocenters. The lowest BCUT2D eigenvalue weighted by atomic mass is 10.3. The summed E-state index contributed by atoms with van der Waals surface area (Å²) in [6, 6.07) is 0. The lowest BCUT2D eigenvalue weighted by molar-refractivity contribution is 1.11. The van der Waals surface area contributed by atoms with E-state index in [0.29, 0.717) is 10.9 Å². The van der Waals surface area contributed by atoms with Crippen molar-refractivity contribution in [3.63, 3.8) is 0 Å². The van der Waals surface area contributed by atoms with E-state index in [2.05, 4.69) is 46.4 Å². The van der Waals surface area contributed by atoms with E-state index in [4.69, 9.17) is 0 Å². The highest BCUT2D eigenvalue weighted by molar-refractivity contribution is 8.05. The average molecular weight is 233 g/mol. The minimum Gasteiger partial charge on any atom is -0.126 e. The molecule has 0 aliphatic heterocycles. The smallest absolute Gasteiger partial charge is 0.126 e. The van der Waals surface area contributed by atoms with Gasteiger partial charge in [0.05, 0.1) is 0 Å². The predicted octanol–water partition coefficient (Wildman–Crippen LogP) is 4.43. The zero-order valence-electron chi connectivity index (χ0n) is 10.4. The fourth-order valence-corrected chi connectivity index (χ4v) is 5.04. The van der Waals surface area contributed by atoms with Gasteiger partial charge in [-0.25, -0.2) is 0 Å². The molecular weight excluding hydrogens is 208 g/mol. The van der Waals surface area contributed by atoms with Crippen molar-refractivity contribution in [2.75, 3.05) is 17.3 Å². The van der Waals surface area contributed by atoms with Gasteiger partial charge in [-0.05, 0) is 26.0 Å². The van der Waals surface area contributed by atoms with Crippen molar-refractivity contribution < 1.29 is 0 Å². The first-order chi connectivity index (χ1) is 6.74. The number of thioether (sulfide) groups is 1. The Kier molecular flexibility index (Phi) is 9.00. The topological polar surface area (TPSA) is 0 Å². The summed E-state index contributed by atoms with van der Waals surface area (Å²) in [6.07, 6.45) is 2.48. The Morgan fingerprint density at radius 3 is 1.79 bits per heavy atom. The highest BCUT2D eigenvalue weighted by atomic mass is 32.2. The maximum absolute atomic E-state index is 2.33. The number of hydrogen-bond acceptors (Lipinski definition) is 1. The highest BCUT2D eigenvalue weighted by Gasteiger charge is 2.22. The van der Waals surface area contributed by atoms with E-state index in [1.54, 1.807) is 9.81 Å². The summed E-state index contributed by atoms with van der Waals surface area (Å²) < 4.78 is 0.